The fraction of sp³-hybridized carbons (Fsp3) is 0.909. The number of amides is 1. The Hall–Kier alpha value is -0.770. The maximum atomic E-state index is 10.2. The molecule has 0 spiro atoms. The second-order valence-electron chi connectivity index (χ2n) is 3.97. The van der Waals surface area contributed by atoms with Crippen molar-refractivity contribution >= 4 is 6.09 Å². The summed E-state index contributed by atoms with van der Waals surface area (Å²) in [7, 11) is 0. The summed E-state index contributed by atoms with van der Waals surface area (Å²) in [5.41, 5.74) is 5.55. The molecule has 0 rings (SSSR count). The van der Waals surface area contributed by atoms with Crippen molar-refractivity contribution in [1.29, 1.82) is 0 Å². The van der Waals surface area contributed by atoms with Crippen molar-refractivity contribution in [2.45, 2.75) is 64.5 Å². The fourth-order valence-electron chi connectivity index (χ4n) is 1.55. The monoisotopic (exact) mass is 216 g/mol. The molecule has 4 N–H and O–H groups in total. The third-order valence-electron chi connectivity index (χ3n) is 2.43. The zero-order valence-corrected chi connectivity index (χ0v) is 9.67. The smallest absolute Gasteiger partial charge is 0.405 e. The molecule has 0 aliphatic heterocycles. The van der Waals surface area contributed by atoms with Crippen LogP contribution in [0.2, 0.25) is 0 Å². The van der Waals surface area contributed by atoms with E-state index in [9.17, 15) is 4.79 Å². The first-order valence-electron chi connectivity index (χ1n) is 5.92. The van der Waals surface area contributed by atoms with Crippen LogP contribution < -0.4 is 11.1 Å². The molecule has 0 aliphatic carbocycles. The molecule has 0 fully saturated rings. The lowest BCUT2D eigenvalue weighted by atomic mass is 10.1. The molecule has 4 nitrogen and oxygen atoms in total. The lowest BCUT2D eigenvalue weighted by molar-refractivity contribution is 0.189. The van der Waals surface area contributed by atoms with Gasteiger partial charge in [0.15, 0.2) is 0 Å². The zero-order valence-electron chi connectivity index (χ0n) is 9.67. The molecule has 0 aliphatic rings. The molecular formula is C11H24N2O2. The molecule has 0 aromatic carbocycles. The Morgan fingerprint density at radius 3 is 2.27 bits per heavy atom. The highest BCUT2D eigenvalue weighted by Crippen LogP contribution is 2.08. The van der Waals surface area contributed by atoms with Gasteiger partial charge in [-0.05, 0) is 6.42 Å². The van der Waals surface area contributed by atoms with E-state index in [4.69, 9.17) is 10.8 Å². The van der Waals surface area contributed by atoms with Crippen LogP contribution in [0.4, 0.5) is 4.79 Å². The van der Waals surface area contributed by atoms with E-state index in [1.165, 1.54) is 32.1 Å². The van der Waals surface area contributed by atoms with E-state index in [0.29, 0.717) is 0 Å². The Balaban J connectivity index is 3.13. The van der Waals surface area contributed by atoms with Gasteiger partial charge >= 0.3 is 6.09 Å². The van der Waals surface area contributed by atoms with Crippen LogP contribution >= 0.6 is 0 Å². The highest BCUT2D eigenvalue weighted by molar-refractivity contribution is 5.64. The van der Waals surface area contributed by atoms with E-state index >= 15 is 0 Å². The van der Waals surface area contributed by atoms with Gasteiger partial charge in [-0.1, -0.05) is 51.9 Å². The van der Waals surface area contributed by atoms with Crippen LogP contribution in [0.15, 0.2) is 0 Å². The first kappa shape index (κ1) is 14.2. The second kappa shape index (κ2) is 9.77. The van der Waals surface area contributed by atoms with Gasteiger partial charge < -0.3 is 16.2 Å². The molecule has 0 saturated heterocycles. The average Bonchev–Trinajstić information content (AvgIpc) is 2.15. The summed E-state index contributed by atoms with van der Waals surface area (Å²) in [6.45, 7) is 2.20. The number of nitrogens with one attached hydrogen (secondary N) is 1. The van der Waals surface area contributed by atoms with E-state index < -0.39 is 12.3 Å². The molecule has 1 unspecified atom stereocenters. The number of hydrogen-bond donors (Lipinski definition) is 3. The Morgan fingerprint density at radius 2 is 1.73 bits per heavy atom. The van der Waals surface area contributed by atoms with E-state index in [1.807, 2.05) is 0 Å². The maximum absolute atomic E-state index is 10.2. The minimum Gasteiger partial charge on any atom is -0.465 e. The molecule has 0 aromatic heterocycles. The average molecular weight is 216 g/mol. The Bertz CT molecular complexity index is 163. The van der Waals surface area contributed by atoms with Gasteiger partial charge in [0.25, 0.3) is 0 Å². The third kappa shape index (κ3) is 11.2. The van der Waals surface area contributed by atoms with Crippen LogP contribution in [-0.4, -0.2) is 17.4 Å². The predicted octanol–water partition coefficient (Wildman–Crippen LogP) is 2.68. The quantitative estimate of drug-likeness (QED) is 0.409. The SMILES string of the molecule is CCCCCCCCCC(N)NC(=O)O. The van der Waals surface area contributed by atoms with E-state index in [-0.39, 0.29) is 0 Å². The minimum atomic E-state index is -1.04. The van der Waals surface area contributed by atoms with Gasteiger partial charge in [-0.3, -0.25) is 0 Å². The van der Waals surface area contributed by atoms with Gasteiger partial charge in [0.05, 0.1) is 6.17 Å². The molecule has 4 heteroatoms. The summed E-state index contributed by atoms with van der Waals surface area (Å²) in [5, 5.41) is 10.6. The lowest BCUT2D eigenvalue weighted by Crippen LogP contribution is -2.40. The number of carbonyl (C=O) groups is 1. The molecule has 15 heavy (non-hydrogen) atoms. The van der Waals surface area contributed by atoms with Crippen molar-refractivity contribution in [3.8, 4) is 0 Å². The van der Waals surface area contributed by atoms with E-state index in [2.05, 4.69) is 12.2 Å². The number of hydrogen-bond acceptors (Lipinski definition) is 2. The molecule has 90 valence electrons. The molecule has 1 amide bonds. The first-order chi connectivity index (χ1) is 7.16. The normalized spacial score (nSPS) is 12.4. The van der Waals surface area contributed by atoms with Crippen molar-refractivity contribution < 1.29 is 9.90 Å². The number of carboxylic acid groups (broad SMARTS) is 1. The second-order valence-corrected chi connectivity index (χ2v) is 3.97. The van der Waals surface area contributed by atoms with Crippen LogP contribution in [0.25, 0.3) is 0 Å². The summed E-state index contributed by atoms with van der Waals surface area (Å²) in [6.07, 6.45) is 7.88. The number of rotatable bonds is 9. The maximum Gasteiger partial charge on any atom is 0.405 e. The fourth-order valence-corrected chi connectivity index (χ4v) is 1.55. The van der Waals surface area contributed by atoms with Crippen molar-refractivity contribution in [2.24, 2.45) is 5.73 Å². The lowest BCUT2D eigenvalue weighted by Gasteiger charge is -2.10. The van der Waals surface area contributed by atoms with E-state index in [0.717, 1.165) is 19.3 Å². The van der Waals surface area contributed by atoms with Gasteiger partial charge in [-0.15, -0.1) is 0 Å². The van der Waals surface area contributed by atoms with Crippen LogP contribution in [0.5, 0.6) is 0 Å². The zero-order chi connectivity index (χ0) is 11.5. The van der Waals surface area contributed by atoms with Crippen LogP contribution in [0, 0.1) is 0 Å². The minimum absolute atomic E-state index is 0.404. The Labute approximate surface area is 92.2 Å². The highest BCUT2D eigenvalue weighted by atomic mass is 16.4. The largest absolute Gasteiger partial charge is 0.465 e. The van der Waals surface area contributed by atoms with Crippen LogP contribution in [0.1, 0.15) is 58.3 Å². The van der Waals surface area contributed by atoms with Crippen LogP contribution in [-0.2, 0) is 0 Å². The first-order valence-corrected chi connectivity index (χ1v) is 5.92. The molecule has 0 heterocycles. The van der Waals surface area contributed by atoms with Gasteiger partial charge in [-0.25, -0.2) is 4.79 Å². The predicted molar refractivity (Wildman–Crippen MR) is 61.7 cm³/mol. The summed E-state index contributed by atoms with van der Waals surface area (Å²) >= 11 is 0. The van der Waals surface area contributed by atoms with Gasteiger partial charge in [0.2, 0.25) is 0 Å². The standard InChI is InChI=1S/C11H24N2O2/c1-2-3-4-5-6-7-8-9-10(12)13-11(14)15/h10,13H,2-9,12H2,1H3,(H,14,15). The Kier molecular flexibility index (Phi) is 9.27. The molecule has 0 saturated carbocycles. The molecule has 0 bridgehead atoms. The highest BCUT2D eigenvalue weighted by Gasteiger charge is 2.04. The molecular weight excluding hydrogens is 192 g/mol. The van der Waals surface area contributed by atoms with Crippen molar-refractivity contribution in [3.05, 3.63) is 0 Å². The van der Waals surface area contributed by atoms with E-state index in [1.54, 1.807) is 0 Å². The van der Waals surface area contributed by atoms with Crippen molar-refractivity contribution in [3.63, 3.8) is 0 Å². The van der Waals surface area contributed by atoms with Crippen molar-refractivity contribution in [1.82, 2.24) is 5.32 Å². The summed E-state index contributed by atoms with van der Waals surface area (Å²) in [6, 6.07) is 0. The summed E-state index contributed by atoms with van der Waals surface area (Å²) < 4.78 is 0. The topological polar surface area (TPSA) is 75.3 Å². The Morgan fingerprint density at radius 1 is 1.20 bits per heavy atom. The van der Waals surface area contributed by atoms with Gasteiger partial charge in [0.1, 0.15) is 0 Å². The molecule has 1 atom stereocenters. The third-order valence-corrected chi connectivity index (χ3v) is 2.43. The van der Waals surface area contributed by atoms with Gasteiger partial charge in [-0.2, -0.15) is 0 Å². The number of unbranched alkanes of at least 4 members (excludes halogenated alkanes) is 6. The summed E-state index contributed by atoms with van der Waals surface area (Å²) in [4.78, 5) is 10.2. The number of nitrogens with two attached hydrogens (primary N) is 1. The molecule has 0 aromatic rings. The van der Waals surface area contributed by atoms with Crippen LogP contribution in [0.3, 0.4) is 0 Å². The van der Waals surface area contributed by atoms with Gasteiger partial charge in [0, 0.05) is 0 Å². The summed E-state index contributed by atoms with van der Waals surface area (Å²) in [5.74, 6) is 0. The van der Waals surface area contributed by atoms with Crippen molar-refractivity contribution in [2.75, 3.05) is 0 Å². The molecule has 0 radical (unpaired) electrons.